The van der Waals surface area contributed by atoms with Gasteiger partial charge in [-0.05, 0) is 87.9 Å². The fourth-order valence-corrected chi connectivity index (χ4v) is 12.8. The Bertz CT molecular complexity index is 2750. The molecule has 0 spiro atoms. The summed E-state index contributed by atoms with van der Waals surface area (Å²) in [5, 5.41) is 9.62. The molecule has 69 heavy (non-hydrogen) atoms. The predicted octanol–water partition coefficient (Wildman–Crippen LogP) is 8.14. The molecule has 2 unspecified atom stereocenters. The van der Waals surface area contributed by atoms with Gasteiger partial charge in [0.2, 0.25) is 11.8 Å². The first-order chi connectivity index (χ1) is 33.2. The van der Waals surface area contributed by atoms with Crippen molar-refractivity contribution in [2.75, 3.05) is 48.3 Å². The van der Waals surface area contributed by atoms with Gasteiger partial charge in [0, 0.05) is 61.9 Å². The maximum absolute atomic E-state index is 16.2. The summed E-state index contributed by atoms with van der Waals surface area (Å²) in [6.45, 7) is 4.54. The van der Waals surface area contributed by atoms with Crippen LogP contribution in [0.3, 0.4) is 0 Å². The van der Waals surface area contributed by atoms with Crippen LogP contribution in [-0.2, 0) is 31.9 Å². The lowest BCUT2D eigenvalue weighted by Gasteiger charge is -2.41. The third-order valence-corrected chi connectivity index (χ3v) is 16.8. The molecule has 2 aromatic carbocycles. The van der Waals surface area contributed by atoms with E-state index in [0.717, 1.165) is 63.5 Å². The smallest absolute Gasteiger partial charge is 0.276 e. The molecule has 2 aromatic heterocycles. The summed E-state index contributed by atoms with van der Waals surface area (Å²) in [7, 11) is -3.23. The molecule has 6 aliphatic heterocycles. The number of pyridine rings is 1. The quantitative estimate of drug-likeness (QED) is 0.103. The molecule has 3 saturated heterocycles. The number of halogens is 3. The number of hydrogen-bond acceptors (Lipinski definition) is 11. The Morgan fingerprint density at radius 1 is 0.884 bits per heavy atom. The van der Waals surface area contributed by atoms with Crippen LogP contribution in [0, 0.1) is 11.7 Å². The lowest BCUT2D eigenvalue weighted by molar-refractivity contribution is -0.136. The number of sulfone groups is 1. The summed E-state index contributed by atoms with van der Waals surface area (Å²) >= 11 is 0. The van der Waals surface area contributed by atoms with Gasteiger partial charge in [0.25, 0.3) is 17.4 Å². The van der Waals surface area contributed by atoms with Crippen molar-refractivity contribution in [1.82, 2.24) is 29.7 Å². The van der Waals surface area contributed by atoms with Crippen molar-refractivity contribution in [2.45, 2.75) is 140 Å². The van der Waals surface area contributed by atoms with Crippen LogP contribution in [0.25, 0.3) is 11.0 Å². The van der Waals surface area contributed by atoms with Crippen molar-refractivity contribution in [2.24, 2.45) is 5.92 Å². The van der Waals surface area contributed by atoms with E-state index in [4.69, 9.17) is 4.98 Å². The number of alkyl halides is 2. The summed E-state index contributed by atoms with van der Waals surface area (Å²) in [4.78, 5) is 66.0. The lowest BCUT2D eigenvalue weighted by Crippen LogP contribution is -2.52. The van der Waals surface area contributed by atoms with Gasteiger partial charge in [0.1, 0.15) is 39.5 Å². The SMILES string of the molecule is C[C@H]1Nc2ncnc3c2cc(C2CCS(=O)(=O)CC2)c(=O)n3C(CCCCCCNc2cccc3c2C(=O)N(C2CCC(=O)NC2=O)C3)CCCCCCN2CC(C2)CC(F)(F)c2cccc1c2F. The molecule has 3 amide bonds. The van der Waals surface area contributed by atoms with E-state index in [1.54, 1.807) is 22.5 Å². The maximum Gasteiger partial charge on any atom is 0.276 e. The van der Waals surface area contributed by atoms with Gasteiger partial charge in [-0.2, -0.15) is 0 Å². The number of rotatable bonds is 10. The highest BCUT2D eigenvalue weighted by molar-refractivity contribution is 7.91. The first-order valence-corrected chi connectivity index (χ1v) is 26.8. The Morgan fingerprint density at radius 3 is 2.45 bits per heavy atom. The molecule has 14 nitrogen and oxygen atoms in total. The van der Waals surface area contributed by atoms with Crippen LogP contribution in [0.2, 0.25) is 0 Å². The number of amides is 3. The third kappa shape index (κ3) is 10.6. The van der Waals surface area contributed by atoms with Crippen LogP contribution < -0.4 is 21.5 Å². The van der Waals surface area contributed by atoms with E-state index in [9.17, 15) is 27.6 Å². The molecule has 3 atom stereocenters. The molecular formula is C51H63F3N8O6S. The zero-order chi connectivity index (χ0) is 48.5. The number of carbonyl (C=O) groups is 3. The van der Waals surface area contributed by atoms with Crippen molar-refractivity contribution >= 4 is 50.1 Å². The molecule has 0 saturated carbocycles. The second kappa shape index (κ2) is 20.5. The van der Waals surface area contributed by atoms with Crippen LogP contribution >= 0.6 is 0 Å². The van der Waals surface area contributed by atoms with Crippen LogP contribution in [-0.4, -0.2) is 94.2 Å². The van der Waals surface area contributed by atoms with Gasteiger partial charge in [0.15, 0.2) is 0 Å². The van der Waals surface area contributed by atoms with Crippen LogP contribution in [0.5, 0.6) is 0 Å². The van der Waals surface area contributed by atoms with Crippen molar-refractivity contribution in [3.63, 3.8) is 0 Å². The predicted molar refractivity (Wildman–Crippen MR) is 257 cm³/mol. The number of anilines is 2. The highest BCUT2D eigenvalue weighted by Gasteiger charge is 2.43. The molecule has 4 aromatic rings. The van der Waals surface area contributed by atoms with Gasteiger partial charge in [-0.25, -0.2) is 31.6 Å². The van der Waals surface area contributed by atoms with Crippen LogP contribution in [0.1, 0.15) is 154 Å². The molecule has 3 N–H and O–H groups in total. The summed E-state index contributed by atoms with van der Waals surface area (Å²) in [5.41, 5.74) is 2.25. The van der Waals surface area contributed by atoms with E-state index in [2.05, 4.69) is 25.8 Å². The number of fused-ring (bicyclic) bond motifs is 9. The Labute approximate surface area is 401 Å². The zero-order valence-electron chi connectivity index (χ0n) is 39.3. The molecule has 0 aliphatic carbocycles. The largest absolute Gasteiger partial charge is 0.384 e. The molecule has 8 heterocycles. The summed E-state index contributed by atoms with van der Waals surface area (Å²) < 4.78 is 74.8. The summed E-state index contributed by atoms with van der Waals surface area (Å²) in [6, 6.07) is 9.83. The second-order valence-corrected chi connectivity index (χ2v) is 22.3. The van der Waals surface area contributed by atoms with Crippen molar-refractivity contribution in [3.05, 3.63) is 92.8 Å². The molecule has 6 aliphatic rings. The summed E-state index contributed by atoms with van der Waals surface area (Å²) in [6.07, 6.45) is 10.5. The standard InChI is InChI=1S/C51H63F3N8O6S/c1-32-37-15-11-16-40(45(37)52)51(53,54)27-33-28-60(29-33)23-9-5-3-7-14-36(62-47-39(46(58-32)56-31-57-47)26-38(49(62)65)34-20-24-69(67,68)25-21-34)13-6-2-4-8-22-55-41-17-10-12-35-30-61(50(66)44(35)41)42-18-19-43(63)59-48(42)64/h10-12,15-17,26,31-34,36,42,55H,2-9,13-14,18-25,27-30H2,1H3,(H,56,57,58)(H,59,63,64)/t32-,36?,42?/m1/s1. The average Bonchev–Trinajstić information content (AvgIpc) is 3.64. The van der Waals surface area contributed by atoms with Gasteiger partial charge >= 0.3 is 0 Å². The first kappa shape index (κ1) is 48.7. The van der Waals surface area contributed by atoms with Crippen LogP contribution in [0.15, 0.2) is 53.6 Å². The Hall–Kier alpha value is -5.36. The van der Waals surface area contributed by atoms with Gasteiger partial charge in [-0.3, -0.25) is 29.1 Å². The Morgan fingerprint density at radius 2 is 1.65 bits per heavy atom. The van der Waals surface area contributed by atoms with Crippen molar-refractivity contribution in [3.8, 4) is 0 Å². The van der Waals surface area contributed by atoms with E-state index in [-0.39, 0.29) is 58.7 Å². The topological polar surface area (TPSA) is 176 Å². The van der Waals surface area contributed by atoms with Crippen molar-refractivity contribution < 1.29 is 36.0 Å². The van der Waals surface area contributed by atoms with Gasteiger partial charge in [0.05, 0.1) is 34.1 Å². The van der Waals surface area contributed by atoms with E-state index < -0.39 is 51.6 Å². The Kier molecular flexibility index (Phi) is 14.5. The van der Waals surface area contributed by atoms with E-state index >= 15 is 13.2 Å². The normalized spacial score (nSPS) is 25.3. The average molecular weight is 973 g/mol. The number of hydrogen-bond donors (Lipinski definition) is 3. The third-order valence-electron chi connectivity index (χ3n) is 15.1. The molecular weight excluding hydrogens is 910 g/mol. The zero-order valence-corrected chi connectivity index (χ0v) is 40.1. The number of benzene rings is 2. The number of imide groups is 1. The van der Waals surface area contributed by atoms with Gasteiger partial charge < -0.3 is 20.4 Å². The molecule has 8 bridgehead atoms. The van der Waals surface area contributed by atoms with E-state index in [1.165, 1.54) is 24.5 Å². The van der Waals surface area contributed by atoms with Gasteiger partial charge in [-0.1, -0.05) is 68.9 Å². The molecule has 370 valence electrons. The minimum Gasteiger partial charge on any atom is -0.384 e. The first-order valence-electron chi connectivity index (χ1n) is 24.9. The highest BCUT2D eigenvalue weighted by Crippen LogP contribution is 2.41. The Balaban J connectivity index is 0.945. The molecule has 18 heteroatoms. The van der Waals surface area contributed by atoms with E-state index in [1.807, 2.05) is 18.2 Å². The fraction of sp³-hybridized carbons (Fsp3) is 0.569. The molecule has 3 fully saturated rings. The minimum absolute atomic E-state index is 0.0247. The minimum atomic E-state index is -3.35. The molecule has 10 rings (SSSR count). The lowest BCUT2D eigenvalue weighted by atomic mass is 9.88. The number of aromatic nitrogens is 3. The second-order valence-electron chi connectivity index (χ2n) is 20.0. The number of piperidine rings is 1. The molecule has 0 radical (unpaired) electrons. The van der Waals surface area contributed by atoms with Crippen molar-refractivity contribution in [1.29, 1.82) is 0 Å². The maximum atomic E-state index is 16.2. The van der Waals surface area contributed by atoms with E-state index in [0.29, 0.717) is 91.9 Å². The monoisotopic (exact) mass is 972 g/mol. The number of carbonyl (C=O) groups excluding carboxylic acids is 3. The van der Waals surface area contributed by atoms with Gasteiger partial charge in [-0.15, -0.1) is 0 Å². The van der Waals surface area contributed by atoms with Crippen LogP contribution in [0.4, 0.5) is 24.7 Å². The number of nitrogens with one attached hydrogen (secondary N) is 3. The number of unbranched alkanes of at least 4 members (excludes halogenated alkanes) is 3. The fourth-order valence-electron chi connectivity index (χ4n) is 11.3. The number of nitrogens with zero attached hydrogens (tertiary/aromatic N) is 5. The summed E-state index contributed by atoms with van der Waals surface area (Å²) in [5.74, 6) is -5.57. The highest BCUT2D eigenvalue weighted by atomic mass is 32.2.